The van der Waals surface area contributed by atoms with Gasteiger partial charge in [-0.05, 0) is 31.0 Å². The monoisotopic (exact) mass is 258 g/mol. The van der Waals surface area contributed by atoms with Crippen LogP contribution in [0.2, 0.25) is 0 Å². The largest absolute Gasteiger partial charge is 0.477 e. The fraction of sp³-hybridized carbons (Fsp3) is 0.583. The van der Waals surface area contributed by atoms with Crippen molar-refractivity contribution in [1.82, 2.24) is 10.3 Å². The Morgan fingerprint density at radius 3 is 2.94 bits per heavy atom. The molecule has 1 saturated carbocycles. The van der Waals surface area contributed by atoms with Gasteiger partial charge in [0.2, 0.25) is 5.88 Å². The van der Waals surface area contributed by atoms with E-state index in [1.807, 2.05) is 0 Å². The molecule has 0 aromatic carbocycles. The summed E-state index contributed by atoms with van der Waals surface area (Å²) in [4.78, 5) is 3.69. The molecule has 2 unspecified atom stereocenters. The Labute approximate surface area is 102 Å². The van der Waals surface area contributed by atoms with Gasteiger partial charge in [0.1, 0.15) is 5.56 Å². The predicted molar refractivity (Wildman–Crippen MR) is 58.1 cm³/mol. The number of fused-ring (bicyclic) bond motifs is 1. The lowest BCUT2D eigenvalue weighted by Gasteiger charge is -2.16. The molecular formula is C12H13F3N2O. The van der Waals surface area contributed by atoms with Gasteiger partial charge in [-0.15, -0.1) is 0 Å². The summed E-state index contributed by atoms with van der Waals surface area (Å²) in [6.07, 6.45) is -2.06. The van der Waals surface area contributed by atoms with Crippen molar-refractivity contribution in [2.75, 3.05) is 19.7 Å². The van der Waals surface area contributed by atoms with Gasteiger partial charge in [-0.2, -0.15) is 13.2 Å². The molecule has 2 heterocycles. The molecular weight excluding hydrogens is 245 g/mol. The molecule has 3 nitrogen and oxygen atoms in total. The number of rotatable bonds is 3. The minimum absolute atomic E-state index is 0.0421. The van der Waals surface area contributed by atoms with Gasteiger partial charge < -0.3 is 10.1 Å². The summed E-state index contributed by atoms with van der Waals surface area (Å²) in [6, 6.07) is 2.27. The van der Waals surface area contributed by atoms with Crippen LogP contribution in [0.25, 0.3) is 0 Å². The van der Waals surface area contributed by atoms with E-state index < -0.39 is 11.7 Å². The smallest absolute Gasteiger partial charge is 0.421 e. The third kappa shape index (κ3) is 1.94. The van der Waals surface area contributed by atoms with Gasteiger partial charge in [-0.3, -0.25) is 0 Å². The maximum atomic E-state index is 12.7. The normalized spacial score (nSPS) is 30.1. The highest BCUT2D eigenvalue weighted by Crippen LogP contribution is 2.55. The van der Waals surface area contributed by atoms with E-state index in [1.165, 1.54) is 12.3 Å². The average Bonchev–Trinajstić information content (AvgIpc) is 2.88. The Kier molecular flexibility index (Phi) is 2.52. The van der Waals surface area contributed by atoms with Crippen molar-refractivity contribution in [2.45, 2.75) is 12.6 Å². The molecule has 1 aromatic rings. The van der Waals surface area contributed by atoms with Crippen LogP contribution in [0.5, 0.6) is 5.88 Å². The first-order valence-corrected chi connectivity index (χ1v) is 5.87. The summed E-state index contributed by atoms with van der Waals surface area (Å²) in [5.41, 5.74) is -0.759. The Balaban J connectivity index is 1.73. The molecule has 2 aliphatic rings. The first-order valence-electron chi connectivity index (χ1n) is 5.87. The zero-order valence-electron chi connectivity index (χ0n) is 9.63. The van der Waals surface area contributed by atoms with Gasteiger partial charge in [-0.1, -0.05) is 0 Å². The molecule has 0 bridgehead atoms. The number of ether oxygens (including phenoxy) is 1. The van der Waals surface area contributed by atoms with Crippen molar-refractivity contribution in [1.29, 1.82) is 0 Å². The summed E-state index contributed by atoms with van der Waals surface area (Å²) in [5, 5.41) is 3.22. The van der Waals surface area contributed by atoms with Crippen molar-refractivity contribution >= 4 is 0 Å². The zero-order chi connectivity index (χ0) is 12.8. The molecule has 2 fully saturated rings. The van der Waals surface area contributed by atoms with Crippen LogP contribution in [0.4, 0.5) is 13.2 Å². The molecule has 98 valence electrons. The lowest BCUT2D eigenvalue weighted by atomic mass is 10.1. The number of nitrogens with zero attached hydrogens (tertiary/aromatic N) is 1. The van der Waals surface area contributed by atoms with Crippen LogP contribution in [0.1, 0.15) is 12.0 Å². The van der Waals surface area contributed by atoms with E-state index in [4.69, 9.17) is 4.74 Å². The topological polar surface area (TPSA) is 34.1 Å². The third-order valence-corrected chi connectivity index (χ3v) is 3.80. The SMILES string of the molecule is FC(F)(F)c1cccnc1OCC12CNCC1C2. The summed E-state index contributed by atoms with van der Waals surface area (Å²) in [7, 11) is 0. The summed E-state index contributed by atoms with van der Waals surface area (Å²) in [6.45, 7) is 2.08. The average molecular weight is 258 g/mol. The van der Waals surface area contributed by atoms with E-state index in [1.54, 1.807) is 0 Å². The second-order valence-corrected chi connectivity index (χ2v) is 5.04. The van der Waals surface area contributed by atoms with Crippen molar-refractivity contribution < 1.29 is 17.9 Å². The first kappa shape index (κ1) is 11.8. The minimum Gasteiger partial charge on any atom is -0.477 e. The Bertz CT molecular complexity index is 463. The first-order chi connectivity index (χ1) is 8.51. The highest BCUT2D eigenvalue weighted by molar-refractivity contribution is 5.28. The number of hydrogen-bond acceptors (Lipinski definition) is 3. The number of piperidine rings is 1. The quantitative estimate of drug-likeness (QED) is 0.901. The van der Waals surface area contributed by atoms with Gasteiger partial charge >= 0.3 is 6.18 Å². The number of pyridine rings is 1. The van der Waals surface area contributed by atoms with Crippen molar-refractivity contribution in [3.63, 3.8) is 0 Å². The fourth-order valence-electron chi connectivity index (χ4n) is 2.59. The molecule has 2 atom stereocenters. The number of hydrogen-bond donors (Lipinski definition) is 1. The van der Waals surface area contributed by atoms with Crippen LogP contribution < -0.4 is 10.1 Å². The van der Waals surface area contributed by atoms with E-state index in [0.29, 0.717) is 12.5 Å². The highest BCUT2D eigenvalue weighted by atomic mass is 19.4. The predicted octanol–water partition coefficient (Wildman–Crippen LogP) is 2.09. The van der Waals surface area contributed by atoms with Crippen molar-refractivity contribution in [3.8, 4) is 5.88 Å². The Morgan fingerprint density at radius 2 is 2.33 bits per heavy atom. The van der Waals surface area contributed by atoms with Crippen LogP contribution in [-0.4, -0.2) is 24.7 Å². The van der Waals surface area contributed by atoms with Gasteiger partial charge in [0, 0.05) is 18.2 Å². The molecule has 1 saturated heterocycles. The van der Waals surface area contributed by atoms with E-state index in [2.05, 4.69) is 10.3 Å². The van der Waals surface area contributed by atoms with Crippen LogP contribution in [0.15, 0.2) is 18.3 Å². The van der Waals surface area contributed by atoms with Gasteiger partial charge in [0.05, 0.1) is 6.61 Å². The van der Waals surface area contributed by atoms with Gasteiger partial charge in [0.25, 0.3) is 0 Å². The minimum atomic E-state index is -4.42. The third-order valence-electron chi connectivity index (χ3n) is 3.80. The number of nitrogens with one attached hydrogen (secondary N) is 1. The maximum Gasteiger partial charge on any atom is 0.421 e. The van der Waals surface area contributed by atoms with E-state index in [-0.39, 0.29) is 11.3 Å². The summed E-state index contributed by atoms with van der Waals surface area (Å²) in [5.74, 6) is 0.243. The van der Waals surface area contributed by atoms with Crippen LogP contribution in [0, 0.1) is 11.3 Å². The van der Waals surface area contributed by atoms with E-state index >= 15 is 0 Å². The van der Waals surface area contributed by atoms with Gasteiger partial charge in [-0.25, -0.2) is 4.98 Å². The summed E-state index contributed by atoms with van der Waals surface area (Å²) < 4.78 is 43.5. The number of aromatic nitrogens is 1. The van der Waals surface area contributed by atoms with Gasteiger partial charge in [0.15, 0.2) is 0 Å². The molecule has 1 N–H and O–H groups in total. The molecule has 18 heavy (non-hydrogen) atoms. The fourth-order valence-corrected chi connectivity index (χ4v) is 2.59. The van der Waals surface area contributed by atoms with Crippen LogP contribution in [0.3, 0.4) is 0 Å². The molecule has 3 rings (SSSR count). The highest BCUT2D eigenvalue weighted by Gasteiger charge is 2.57. The molecule has 1 aliphatic carbocycles. The Morgan fingerprint density at radius 1 is 1.50 bits per heavy atom. The van der Waals surface area contributed by atoms with Crippen LogP contribution in [-0.2, 0) is 6.18 Å². The van der Waals surface area contributed by atoms with E-state index in [0.717, 1.165) is 25.6 Å². The molecule has 1 aromatic heterocycles. The Hall–Kier alpha value is -1.30. The molecule has 1 aliphatic heterocycles. The lowest BCUT2D eigenvalue weighted by molar-refractivity contribution is -0.139. The molecule has 0 amide bonds. The van der Waals surface area contributed by atoms with E-state index in [9.17, 15) is 13.2 Å². The molecule has 0 radical (unpaired) electrons. The second kappa shape index (κ2) is 3.85. The number of halogens is 3. The number of alkyl halides is 3. The lowest BCUT2D eigenvalue weighted by Crippen LogP contribution is -2.23. The standard InChI is InChI=1S/C12H13F3N2O/c13-12(14,15)9-2-1-3-17-10(9)18-7-11-4-8(11)5-16-6-11/h1-3,8,16H,4-7H2. The molecule has 0 spiro atoms. The zero-order valence-corrected chi connectivity index (χ0v) is 9.63. The van der Waals surface area contributed by atoms with Crippen molar-refractivity contribution in [3.05, 3.63) is 23.9 Å². The molecule has 6 heteroatoms. The second-order valence-electron chi connectivity index (χ2n) is 5.04. The summed E-state index contributed by atoms with van der Waals surface area (Å²) >= 11 is 0. The van der Waals surface area contributed by atoms with Crippen LogP contribution >= 0.6 is 0 Å². The van der Waals surface area contributed by atoms with Crippen molar-refractivity contribution in [2.24, 2.45) is 11.3 Å². The maximum absolute atomic E-state index is 12.7.